The normalized spacial score (nSPS) is 14.1. The molecule has 0 bridgehead atoms. The van der Waals surface area contributed by atoms with E-state index < -0.39 is 0 Å². The van der Waals surface area contributed by atoms with E-state index in [0.717, 1.165) is 17.1 Å². The maximum absolute atomic E-state index is 12.0. The predicted molar refractivity (Wildman–Crippen MR) is 106 cm³/mol. The van der Waals surface area contributed by atoms with Crippen molar-refractivity contribution >= 4 is 46.2 Å². The summed E-state index contributed by atoms with van der Waals surface area (Å²) < 4.78 is 5.12. The Morgan fingerprint density at radius 1 is 0.923 bits per heavy atom. The third-order valence-electron chi connectivity index (χ3n) is 4.01. The lowest BCUT2D eigenvalue weighted by Gasteiger charge is -2.25. The molecule has 2 aromatic rings. The van der Waals surface area contributed by atoms with Gasteiger partial charge in [-0.3, -0.25) is 14.5 Å². The highest BCUT2D eigenvalue weighted by molar-refractivity contribution is 7.80. The zero-order valence-electron chi connectivity index (χ0n) is 14.3. The van der Waals surface area contributed by atoms with Gasteiger partial charge in [-0.15, -0.1) is 0 Å². The van der Waals surface area contributed by atoms with Gasteiger partial charge < -0.3 is 15.4 Å². The van der Waals surface area contributed by atoms with Crippen LogP contribution in [0.3, 0.4) is 0 Å². The summed E-state index contributed by atoms with van der Waals surface area (Å²) in [5.74, 6) is 0.462. The van der Waals surface area contributed by atoms with Gasteiger partial charge in [-0.05, 0) is 67.2 Å². The highest BCUT2D eigenvalue weighted by Crippen LogP contribution is 2.24. The van der Waals surface area contributed by atoms with Crippen molar-refractivity contribution in [3.8, 4) is 5.75 Å². The highest BCUT2D eigenvalue weighted by atomic mass is 32.1. The molecule has 2 amide bonds. The van der Waals surface area contributed by atoms with Crippen LogP contribution in [0.15, 0.2) is 48.5 Å². The Hall–Kier alpha value is -2.93. The topological polar surface area (TPSA) is 70.7 Å². The van der Waals surface area contributed by atoms with E-state index in [-0.39, 0.29) is 11.8 Å². The van der Waals surface area contributed by atoms with Crippen LogP contribution in [0.5, 0.6) is 5.75 Å². The first-order valence-corrected chi connectivity index (χ1v) is 8.65. The van der Waals surface area contributed by atoms with Crippen molar-refractivity contribution in [1.29, 1.82) is 0 Å². The molecule has 1 aliphatic rings. The Morgan fingerprint density at radius 2 is 1.42 bits per heavy atom. The standard InChI is InChI=1S/C19H19N3O3S/c1-25-16-11-7-14(8-12-16)21-19(26)20-13-5-9-15(10-6-13)22-17(23)3-2-4-18(22)24/h5-12H,2-4H2,1H3,(H2,20,21,26). The number of piperidine rings is 1. The Morgan fingerprint density at radius 3 is 1.92 bits per heavy atom. The molecular weight excluding hydrogens is 350 g/mol. The number of nitrogens with zero attached hydrogens (tertiary/aromatic N) is 1. The second-order valence-electron chi connectivity index (χ2n) is 5.83. The minimum Gasteiger partial charge on any atom is -0.497 e. The number of imide groups is 1. The zero-order valence-corrected chi connectivity index (χ0v) is 15.1. The van der Waals surface area contributed by atoms with Gasteiger partial charge >= 0.3 is 0 Å². The molecule has 0 aliphatic carbocycles. The van der Waals surface area contributed by atoms with E-state index in [4.69, 9.17) is 17.0 Å². The molecular formula is C19H19N3O3S. The van der Waals surface area contributed by atoms with E-state index in [1.54, 1.807) is 31.4 Å². The lowest BCUT2D eigenvalue weighted by Crippen LogP contribution is -2.40. The molecule has 26 heavy (non-hydrogen) atoms. The molecule has 1 heterocycles. The van der Waals surface area contributed by atoms with Crippen LogP contribution in [-0.4, -0.2) is 24.0 Å². The Labute approximate surface area is 157 Å². The van der Waals surface area contributed by atoms with Crippen molar-refractivity contribution in [2.24, 2.45) is 0 Å². The molecule has 134 valence electrons. The number of rotatable bonds is 4. The summed E-state index contributed by atoms with van der Waals surface area (Å²) in [6, 6.07) is 14.4. The summed E-state index contributed by atoms with van der Waals surface area (Å²) in [6.45, 7) is 0. The first-order chi connectivity index (χ1) is 12.6. The molecule has 1 fully saturated rings. The van der Waals surface area contributed by atoms with E-state index in [0.29, 0.717) is 30.1 Å². The van der Waals surface area contributed by atoms with Crippen molar-refractivity contribution in [3.05, 3.63) is 48.5 Å². The second kappa shape index (κ2) is 7.97. The number of hydrogen-bond donors (Lipinski definition) is 2. The van der Waals surface area contributed by atoms with Crippen LogP contribution in [0.2, 0.25) is 0 Å². The van der Waals surface area contributed by atoms with Crippen molar-refractivity contribution in [3.63, 3.8) is 0 Å². The van der Waals surface area contributed by atoms with Gasteiger partial charge in [-0.2, -0.15) is 0 Å². The summed E-state index contributed by atoms with van der Waals surface area (Å²) in [5.41, 5.74) is 2.18. The van der Waals surface area contributed by atoms with Gasteiger partial charge in [0, 0.05) is 24.2 Å². The van der Waals surface area contributed by atoms with Crippen molar-refractivity contribution in [2.45, 2.75) is 19.3 Å². The van der Waals surface area contributed by atoms with E-state index in [1.165, 1.54) is 4.90 Å². The van der Waals surface area contributed by atoms with E-state index in [1.807, 2.05) is 24.3 Å². The number of nitrogens with one attached hydrogen (secondary N) is 2. The SMILES string of the molecule is COc1ccc(NC(=S)Nc2ccc(N3C(=O)CCCC3=O)cc2)cc1. The molecule has 2 N–H and O–H groups in total. The van der Waals surface area contributed by atoms with E-state index in [9.17, 15) is 9.59 Å². The molecule has 0 aromatic heterocycles. The Kier molecular flexibility index (Phi) is 5.48. The molecule has 7 heteroatoms. The monoisotopic (exact) mass is 369 g/mol. The molecule has 0 spiro atoms. The average molecular weight is 369 g/mol. The van der Waals surface area contributed by atoms with Gasteiger partial charge in [0.25, 0.3) is 0 Å². The number of thiocarbonyl (C=S) groups is 1. The summed E-state index contributed by atoms with van der Waals surface area (Å²) in [5, 5.41) is 6.59. The molecule has 3 rings (SSSR count). The van der Waals surface area contributed by atoms with Gasteiger partial charge in [0.2, 0.25) is 11.8 Å². The minimum absolute atomic E-state index is 0.154. The van der Waals surface area contributed by atoms with Gasteiger partial charge in [-0.1, -0.05) is 0 Å². The first-order valence-electron chi connectivity index (χ1n) is 8.25. The molecule has 0 unspecified atom stereocenters. The molecule has 1 aliphatic heterocycles. The van der Waals surface area contributed by atoms with Crippen LogP contribution in [0, 0.1) is 0 Å². The third kappa shape index (κ3) is 4.18. The molecule has 0 saturated carbocycles. The fraction of sp³-hybridized carbons (Fsp3) is 0.211. The van der Waals surface area contributed by atoms with E-state index in [2.05, 4.69) is 10.6 Å². The lowest BCUT2D eigenvalue weighted by atomic mass is 10.1. The average Bonchev–Trinajstić information content (AvgIpc) is 2.63. The summed E-state index contributed by atoms with van der Waals surface area (Å²) >= 11 is 5.30. The second-order valence-corrected chi connectivity index (χ2v) is 6.24. The lowest BCUT2D eigenvalue weighted by molar-refractivity contribution is -0.129. The molecule has 1 saturated heterocycles. The van der Waals surface area contributed by atoms with Crippen LogP contribution >= 0.6 is 12.2 Å². The summed E-state index contributed by atoms with van der Waals surface area (Å²) in [4.78, 5) is 25.2. The number of hydrogen-bond acceptors (Lipinski definition) is 4. The molecule has 0 atom stereocenters. The maximum atomic E-state index is 12.0. The molecule has 6 nitrogen and oxygen atoms in total. The Balaban J connectivity index is 1.62. The smallest absolute Gasteiger partial charge is 0.233 e. The molecule has 0 radical (unpaired) electrons. The third-order valence-corrected chi connectivity index (χ3v) is 4.22. The molecule has 2 aromatic carbocycles. The van der Waals surface area contributed by atoms with Crippen molar-refractivity contribution in [2.75, 3.05) is 22.6 Å². The summed E-state index contributed by atoms with van der Waals surface area (Å²) in [7, 11) is 1.61. The van der Waals surface area contributed by atoms with Gasteiger partial charge in [0.1, 0.15) is 5.75 Å². The fourth-order valence-electron chi connectivity index (χ4n) is 2.70. The summed E-state index contributed by atoms with van der Waals surface area (Å²) in [6.07, 6.45) is 1.43. The van der Waals surface area contributed by atoms with Crippen LogP contribution < -0.4 is 20.3 Å². The van der Waals surface area contributed by atoms with Gasteiger partial charge in [0.05, 0.1) is 12.8 Å². The number of benzene rings is 2. The number of carbonyl (C=O) groups is 2. The highest BCUT2D eigenvalue weighted by Gasteiger charge is 2.27. The zero-order chi connectivity index (χ0) is 18.5. The first kappa shape index (κ1) is 17.9. The predicted octanol–water partition coefficient (Wildman–Crippen LogP) is 3.55. The number of anilines is 3. The number of methoxy groups -OCH3 is 1. The van der Waals surface area contributed by atoms with Gasteiger partial charge in [0.15, 0.2) is 5.11 Å². The number of ether oxygens (including phenoxy) is 1. The number of amides is 2. The van der Waals surface area contributed by atoms with Crippen molar-refractivity contribution < 1.29 is 14.3 Å². The largest absolute Gasteiger partial charge is 0.497 e. The van der Waals surface area contributed by atoms with Gasteiger partial charge in [-0.25, -0.2) is 0 Å². The van der Waals surface area contributed by atoms with Crippen molar-refractivity contribution in [1.82, 2.24) is 0 Å². The van der Waals surface area contributed by atoms with E-state index >= 15 is 0 Å². The maximum Gasteiger partial charge on any atom is 0.233 e. The van der Waals surface area contributed by atoms with Crippen LogP contribution in [0.1, 0.15) is 19.3 Å². The Bertz CT molecular complexity index is 803. The van der Waals surface area contributed by atoms with Crippen LogP contribution in [0.25, 0.3) is 0 Å². The van der Waals surface area contributed by atoms with Crippen LogP contribution in [0.4, 0.5) is 17.1 Å². The fourth-order valence-corrected chi connectivity index (χ4v) is 2.94. The minimum atomic E-state index is -0.154. The van der Waals surface area contributed by atoms with Crippen LogP contribution in [-0.2, 0) is 9.59 Å². The quantitative estimate of drug-likeness (QED) is 0.634. The number of carbonyl (C=O) groups excluding carboxylic acids is 2.